The number of amides is 1. The van der Waals surface area contributed by atoms with Crippen molar-refractivity contribution < 1.29 is 28.9 Å². The Kier molecular flexibility index (Phi) is 23.0. The van der Waals surface area contributed by atoms with Crippen LogP contribution in [-0.4, -0.2) is 54.0 Å². The third kappa shape index (κ3) is 17.3. The number of rotatable bonds is 26. The Morgan fingerprint density at radius 2 is 1.34 bits per heavy atom. The van der Waals surface area contributed by atoms with Gasteiger partial charge in [0.1, 0.15) is 24.0 Å². The highest BCUT2D eigenvalue weighted by atomic mass is 16.7. The maximum absolute atomic E-state index is 12.9. The summed E-state index contributed by atoms with van der Waals surface area (Å²) in [5.41, 5.74) is 0. The van der Waals surface area contributed by atoms with Crippen LogP contribution >= 0.6 is 0 Å². The summed E-state index contributed by atoms with van der Waals surface area (Å²) in [4.78, 5) is 25.5. The quantitative estimate of drug-likeness (QED) is 0.0612. The Hall–Kier alpha value is -1.44. The predicted molar refractivity (Wildman–Crippen MR) is 167 cm³/mol. The Morgan fingerprint density at radius 1 is 0.805 bits per heavy atom. The number of aliphatic hydroxyl groups is 1. The first kappa shape index (κ1) is 37.6. The van der Waals surface area contributed by atoms with E-state index in [1.807, 2.05) is 13.8 Å². The topological polar surface area (TPSA) is 94.1 Å². The standard InChI is InChI=1S/C34H63NO6/c1-5-9-11-13-15-17-18-20-22-24-28(36)27-30(37)35-31-33(39-26-23-21-19-16-14-12-10-6-2)32(38)29(8-4)41-34(31)40-25-7-3/h7,25,29,31-34,38H,5-6,8-24,26-27H2,1-4H3,(H,35,37)/b25-7-/t29-,31?,32-,33-,34+/m1/s1. The van der Waals surface area contributed by atoms with E-state index in [9.17, 15) is 14.7 Å². The van der Waals surface area contributed by atoms with Gasteiger partial charge in [0, 0.05) is 13.0 Å². The van der Waals surface area contributed by atoms with Gasteiger partial charge in [0.25, 0.3) is 0 Å². The van der Waals surface area contributed by atoms with Crippen molar-refractivity contribution in [2.45, 2.75) is 187 Å². The van der Waals surface area contributed by atoms with Crippen molar-refractivity contribution in [2.75, 3.05) is 6.61 Å². The van der Waals surface area contributed by atoms with Crippen molar-refractivity contribution in [3.8, 4) is 0 Å². The third-order valence-corrected chi connectivity index (χ3v) is 7.98. The molecule has 1 heterocycles. The summed E-state index contributed by atoms with van der Waals surface area (Å²) in [7, 11) is 0. The van der Waals surface area contributed by atoms with Crippen LogP contribution in [0.25, 0.3) is 0 Å². The van der Waals surface area contributed by atoms with Crippen LogP contribution in [0.5, 0.6) is 0 Å². The third-order valence-electron chi connectivity index (χ3n) is 7.98. The van der Waals surface area contributed by atoms with Crippen LogP contribution in [0.2, 0.25) is 0 Å². The average Bonchev–Trinajstić information content (AvgIpc) is 2.96. The van der Waals surface area contributed by atoms with Gasteiger partial charge in [-0.3, -0.25) is 9.59 Å². The van der Waals surface area contributed by atoms with Gasteiger partial charge in [-0.1, -0.05) is 123 Å². The van der Waals surface area contributed by atoms with Crippen molar-refractivity contribution >= 4 is 11.7 Å². The van der Waals surface area contributed by atoms with E-state index in [0.29, 0.717) is 19.4 Å². The van der Waals surface area contributed by atoms with E-state index in [0.717, 1.165) is 32.1 Å². The molecular weight excluding hydrogens is 518 g/mol. The molecular formula is C34H63NO6. The van der Waals surface area contributed by atoms with Crippen LogP contribution in [0.3, 0.4) is 0 Å². The average molecular weight is 582 g/mol. The largest absolute Gasteiger partial charge is 0.471 e. The second kappa shape index (κ2) is 25.1. The minimum atomic E-state index is -0.900. The summed E-state index contributed by atoms with van der Waals surface area (Å²) in [6.45, 7) is 8.73. The van der Waals surface area contributed by atoms with Crippen LogP contribution in [0.1, 0.15) is 156 Å². The lowest BCUT2D eigenvalue weighted by atomic mass is 9.94. The van der Waals surface area contributed by atoms with Crippen molar-refractivity contribution in [2.24, 2.45) is 0 Å². The molecule has 7 nitrogen and oxygen atoms in total. The van der Waals surface area contributed by atoms with Gasteiger partial charge in [-0.2, -0.15) is 0 Å². The number of hydrogen-bond donors (Lipinski definition) is 2. The van der Waals surface area contributed by atoms with Gasteiger partial charge in [-0.15, -0.1) is 0 Å². The van der Waals surface area contributed by atoms with E-state index in [1.54, 1.807) is 6.08 Å². The lowest BCUT2D eigenvalue weighted by Gasteiger charge is -2.44. The summed E-state index contributed by atoms with van der Waals surface area (Å²) < 4.78 is 18.0. The zero-order chi connectivity index (χ0) is 30.1. The molecule has 7 heteroatoms. The first-order valence-electron chi connectivity index (χ1n) is 17.0. The minimum absolute atomic E-state index is 0.0588. The van der Waals surface area contributed by atoms with E-state index in [2.05, 4.69) is 19.2 Å². The Bertz CT molecular complexity index is 684. The molecule has 1 fully saturated rings. The molecule has 1 amide bonds. The number of ether oxygens (including phenoxy) is 3. The lowest BCUT2D eigenvalue weighted by Crippen LogP contribution is -2.64. The van der Waals surface area contributed by atoms with Crippen molar-refractivity contribution in [1.82, 2.24) is 5.32 Å². The summed E-state index contributed by atoms with van der Waals surface area (Å²) in [6.07, 6.45) is 21.5. The zero-order valence-corrected chi connectivity index (χ0v) is 26.9. The predicted octanol–water partition coefficient (Wildman–Crippen LogP) is 7.92. The first-order chi connectivity index (χ1) is 20.0. The van der Waals surface area contributed by atoms with Crippen LogP contribution < -0.4 is 5.32 Å². The second-order valence-corrected chi connectivity index (χ2v) is 11.7. The van der Waals surface area contributed by atoms with Crippen molar-refractivity contribution in [3.05, 3.63) is 12.3 Å². The molecule has 0 bridgehead atoms. The van der Waals surface area contributed by atoms with Crippen LogP contribution in [0, 0.1) is 0 Å². The monoisotopic (exact) mass is 581 g/mol. The Balaban J connectivity index is 2.56. The van der Waals surface area contributed by atoms with E-state index in [4.69, 9.17) is 14.2 Å². The van der Waals surface area contributed by atoms with E-state index < -0.39 is 30.6 Å². The van der Waals surface area contributed by atoms with Crippen molar-refractivity contribution in [3.63, 3.8) is 0 Å². The molecule has 0 aromatic rings. The fourth-order valence-electron chi connectivity index (χ4n) is 5.47. The van der Waals surface area contributed by atoms with Gasteiger partial charge in [0.15, 0.2) is 0 Å². The number of unbranched alkanes of at least 4 members (excludes halogenated alkanes) is 15. The van der Waals surface area contributed by atoms with E-state index in [1.165, 1.54) is 83.3 Å². The smallest absolute Gasteiger partial charge is 0.227 e. The fraction of sp³-hybridized carbons (Fsp3) is 0.882. The maximum Gasteiger partial charge on any atom is 0.227 e. The maximum atomic E-state index is 12.9. The fourth-order valence-corrected chi connectivity index (χ4v) is 5.47. The molecule has 5 atom stereocenters. The normalized spacial score (nSPS) is 22.7. The van der Waals surface area contributed by atoms with Crippen LogP contribution in [0.15, 0.2) is 12.3 Å². The van der Waals surface area contributed by atoms with Gasteiger partial charge >= 0.3 is 0 Å². The molecule has 0 radical (unpaired) electrons. The highest BCUT2D eigenvalue weighted by molar-refractivity contribution is 5.98. The first-order valence-corrected chi connectivity index (χ1v) is 17.0. The summed E-state index contributed by atoms with van der Waals surface area (Å²) in [5.74, 6) is -0.437. The second-order valence-electron chi connectivity index (χ2n) is 11.7. The SMILES string of the molecule is C/C=C\O[C@H]1O[C@H](CC)[C@@H](O)[C@H](OCCCCCCCCCC)C1NC(=O)CC(=O)CCCCCCCCCCC. The molecule has 0 aliphatic carbocycles. The molecule has 0 aromatic heterocycles. The van der Waals surface area contributed by atoms with Crippen LogP contribution in [-0.2, 0) is 23.8 Å². The van der Waals surface area contributed by atoms with Crippen LogP contribution in [0.4, 0.5) is 0 Å². The molecule has 0 spiro atoms. The Morgan fingerprint density at radius 3 is 1.88 bits per heavy atom. The van der Waals surface area contributed by atoms with Gasteiger partial charge in [0.05, 0.1) is 18.8 Å². The molecule has 2 N–H and O–H groups in total. The highest BCUT2D eigenvalue weighted by Crippen LogP contribution is 2.27. The minimum Gasteiger partial charge on any atom is -0.471 e. The molecule has 1 aliphatic heterocycles. The summed E-state index contributed by atoms with van der Waals surface area (Å²) in [6, 6.07) is -0.717. The van der Waals surface area contributed by atoms with Gasteiger partial charge in [0.2, 0.25) is 12.2 Å². The molecule has 0 aromatic carbocycles. The number of ketones is 1. The number of aliphatic hydroxyl groups excluding tert-OH is 1. The summed E-state index contributed by atoms with van der Waals surface area (Å²) >= 11 is 0. The molecule has 41 heavy (non-hydrogen) atoms. The van der Waals surface area contributed by atoms with E-state index >= 15 is 0 Å². The number of carbonyl (C=O) groups excluding carboxylic acids is 2. The number of carbonyl (C=O) groups is 2. The lowest BCUT2D eigenvalue weighted by molar-refractivity contribution is -0.258. The molecule has 1 unspecified atom stereocenters. The van der Waals surface area contributed by atoms with E-state index in [-0.39, 0.29) is 18.1 Å². The molecule has 1 saturated heterocycles. The van der Waals surface area contributed by atoms with Gasteiger partial charge < -0.3 is 24.6 Å². The number of hydrogen-bond acceptors (Lipinski definition) is 6. The number of Topliss-reactive ketones (excluding diaryl/α,β-unsaturated/α-hetero) is 1. The molecule has 240 valence electrons. The molecule has 1 aliphatic rings. The summed E-state index contributed by atoms with van der Waals surface area (Å²) in [5, 5.41) is 14.0. The number of allylic oxidation sites excluding steroid dienone is 1. The molecule has 0 saturated carbocycles. The van der Waals surface area contributed by atoms with Gasteiger partial charge in [-0.05, 0) is 26.2 Å². The molecule has 1 rings (SSSR count). The highest BCUT2D eigenvalue weighted by Gasteiger charge is 2.47. The Labute approximate surface area is 251 Å². The number of nitrogens with one attached hydrogen (secondary N) is 1. The van der Waals surface area contributed by atoms with Crippen molar-refractivity contribution in [1.29, 1.82) is 0 Å². The van der Waals surface area contributed by atoms with Gasteiger partial charge in [-0.25, -0.2) is 0 Å². The zero-order valence-electron chi connectivity index (χ0n) is 26.9.